The van der Waals surface area contributed by atoms with Gasteiger partial charge in [-0.1, -0.05) is 30.3 Å². The summed E-state index contributed by atoms with van der Waals surface area (Å²) in [5, 5.41) is 0. The molecule has 0 aromatic heterocycles. The van der Waals surface area contributed by atoms with Crippen LogP contribution in [0.25, 0.3) is 0 Å². The van der Waals surface area contributed by atoms with E-state index in [2.05, 4.69) is 0 Å². The van der Waals surface area contributed by atoms with Gasteiger partial charge in [0.15, 0.2) is 11.5 Å². The fourth-order valence-corrected chi connectivity index (χ4v) is 1.99. The van der Waals surface area contributed by atoms with E-state index >= 15 is 0 Å². The SMILES string of the molecule is CCOc1ccccc1OCCCOc1ccccc1C. The molecule has 0 unspecified atom stereocenters. The summed E-state index contributed by atoms with van der Waals surface area (Å²) < 4.78 is 17.0. The van der Waals surface area contributed by atoms with Crippen LogP contribution in [0.3, 0.4) is 0 Å². The van der Waals surface area contributed by atoms with Crippen molar-refractivity contribution >= 4 is 0 Å². The quantitative estimate of drug-likeness (QED) is 0.679. The second-order valence-electron chi connectivity index (χ2n) is 4.70. The van der Waals surface area contributed by atoms with E-state index in [4.69, 9.17) is 14.2 Å². The van der Waals surface area contributed by atoms with Gasteiger partial charge in [-0.05, 0) is 37.6 Å². The monoisotopic (exact) mass is 286 g/mol. The standard InChI is InChI=1S/C18H22O3/c1-3-19-17-11-6-7-12-18(17)21-14-8-13-20-16-10-5-4-9-15(16)2/h4-7,9-12H,3,8,13-14H2,1-2H3. The molecular weight excluding hydrogens is 264 g/mol. The van der Waals surface area contributed by atoms with Gasteiger partial charge >= 0.3 is 0 Å². The van der Waals surface area contributed by atoms with Crippen molar-refractivity contribution in [2.75, 3.05) is 19.8 Å². The first-order chi connectivity index (χ1) is 10.3. The van der Waals surface area contributed by atoms with Crippen LogP contribution in [0.5, 0.6) is 17.2 Å². The normalized spacial score (nSPS) is 10.2. The Morgan fingerprint density at radius 1 is 0.714 bits per heavy atom. The van der Waals surface area contributed by atoms with Crippen molar-refractivity contribution in [3.63, 3.8) is 0 Å². The van der Waals surface area contributed by atoms with Gasteiger partial charge in [0.1, 0.15) is 5.75 Å². The minimum atomic E-state index is 0.607. The Labute approximate surface area is 126 Å². The maximum absolute atomic E-state index is 5.75. The molecule has 0 saturated carbocycles. The van der Waals surface area contributed by atoms with Gasteiger partial charge in [-0.25, -0.2) is 0 Å². The molecule has 2 aromatic rings. The Morgan fingerprint density at radius 3 is 1.86 bits per heavy atom. The van der Waals surface area contributed by atoms with Crippen molar-refractivity contribution in [3.8, 4) is 17.2 Å². The molecule has 2 rings (SSSR count). The lowest BCUT2D eigenvalue weighted by Gasteiger charge is -2.12. The summed E-state index contributed by atoms with van der Waals surface area (Å²) in [6, 6.07) is 15.8. The third kappa shape index (κ3) is 4.71. The molecule has 0 bridgehead atoms. The summed E-state index contributed by atoms with van der Waals surface area (Å²) >= 11 is 0. The van der Waals surface area contributed by atoms with E-state index in [1.807, 2.05) is 62.4 Å². The maximum atomic E-state index is 5.75. The molecule has 0 N–H and O–H groups in total. The number of ether oxygens (including phenoxy) is 3. The summed E-state index contributed by atoms with van der Waals surface area (Å²) in [7, 11) is 0. The third-order valence-corrected chi connectivity index (χ3v) is 3.05. The van der Waals surface area contributed by atoms with E-state index in [1.165, 1.54) is 0 Å². The van der Waals surface area contributed by atoms with Gasteiger partial charge in [-0.3, -0.25) is 0 Å². The molecule has 0 amide bonds. The number of hydrogen-bond acceptors (Lipinski definition) is 3. The minimum Gasteiger partial charge on any atom is -0.493 e. The topological polar surface area (TPSA) is 27.7 Å². The molecule has 0 radical (unpaired) electrons. The van der Waals surface area contributed by atoms with Crippen molar-refractivity contribution < 1.29 is 14.2 Å². The van der Waals surface area contributed by atoms with Crippen LogP contribution in [0.4, 0.5) is 0 Å². The van der Waals surface area contributed by atoms with Gasteiger partial charge in [0.2, 0.25) is 0 Å². The van der Waals surface area contributed by atoms with Crippen LogP contribution in [-0.2, 0) is 0 Å². The average molecular weight is 286 g/mol. The van der Waals surface area contributed by atoms with Gasteiger partial charge in [0.05, 0.1) is 19.8 Å². The molecule has 21 heavy (non-hydrogen) atoms. The zero-order valence-corrected chi connectivity index (χ0v) is 12.7. The van der Waals surface area contributed by atoms with E-state index in [9.17, 15) is 0 Å². The van der Waals surface area contributed by atoms with Crippen LogP contribution in [0, 0.1) is 6.92 Å². The van der Waals surface area contributed by atoms with Gasteiger partial charge in [-0.15, -0.1) is 0 Å². The first-order valence-corrected chi connectivity index (χ1v) is 7.34. The minimum absolute atomic E-state index is 0.607. The van der Waals surface area contributed by atoms with E-state index < -0.39 is 0 Å². The Bertz CT molecular complexity index is 552. The van der Waals surface area contributed by atoms with Crippen molar-refractivity contribution in [1.29, 1.82) is 0 Å². The van der Waals surface area contributed by atoms with Crippen LogP contribution < -0.4 is 14.2 Å². The van der Waals surface area contributed by atoms with Crippen LogP contribution in [0.15, 0.2) is 48.5 Å². The maximum Gasteiger partial charge on any atom is 0.161 e. The summed E-state index contributed by atoms with van der Waals surface area (Å²) in [6.45, 7) is 5.89. The van der Waals surface area contributed by atoms with Crippen LogP contribution >= 0.6 is 0 Å². The molecule has 0 spiro atoms. The van der Waals surface area contributed by atoms with Crippen molar-refractivity contribution in [2.45, 2.75) is 20.3 Å². The average Bonchev–Trinajstić information content (AvgIpc) is 2.50. The molecule has 0 heterocycles. The molecular formula is C18H22O3. The zero-order chi connectivity index (χ0) is 14.9. The Morgan fingerprint density at radius 2 is 1.24 bits per heavy atom. The van der Waals surface area contributed by atoms with Gasteiger partial charge in [0.25, 0.3) is 0 Å². The molecule has 0 aliphatic carbocycles. The summed E-state index contributed by atoms with van der Waals surface area (Å²) in [4.78, 5) is 0. The number of benzene rings is 2. The van der Waals surface area contributed by atoms with E-state index in [1.54, 1.807) is 0 Å². The highest BCUT2D eigenvalue weighted by Crippen LogP contribution is 2.26. The van der Waals surface area contributed by atoms with Gasteiger partial charge in [-0.2, -0.15) is 0 Å². The number of hydrogen-bond donors (Lipinski definition) is 0. The lowest BCUT2D eigenvalue weighted by atomic mass is 10.2. The molecule has 112 valence electrons. The molecule has 3 heteroatoms. The van der Waals surface area contributed by atoms with Crippen molar-refractivity contribution in [1.82, 2.24) is 0 Å². The predicted octanol–water partition coefficient (Wildman–Crippen LogP) is 4.24. The lowest BCUT2D eigenvalue weighted by molar-refractivity contribution is 0.235. The third-order valence-electron chi connectivity index (χ3n) is 3.05. The zero-order valence-electron chi connectivity index (χ0n) is 12.7. The first-order valence-electron chi connectivity index (χ1n) is 7.34. The molecule has 0 aliphatic heterocycles. The van der Waals surface area contributed by atoms with Crippen molar-refractivity contribution in [3.05, 3.63) is 54.1 Å². The lowest BCUT2D eigenvalue weighted by Crippen LogP contribution is -2.06. The second kappa shape index (κ2) is 8.20. The summed E-state index contributed by atoms with van der Waals surface area (Å²) in [5.74, 6) is 2.52. The van der Waals surface area contributed by atoms with Crippen LogP contribution in [-0.4, -0.2) is 19.8 Å². The number of rotatable bonds is 8. The second-order valence-corrected chi connectivity index (χ2v) is 4.70. The molecule has 0 fully saturated rings. The Kier molecular flexibility index (Phi) is 5.95. The van der Waals surface area contributed by atoms with Gasteiger partial charge in [0, 0.05) is 6.42 Å². The highest BCUT2D eigenvalue weighted by atomic mass is 16.5. The van der Waals surface area contributed by atoms with Crippen LogP contribution in [0.2, 0.25) is 0 Å². The van der Waals surface area contributed by atoms with E-state index in [0.29, 0.717) is 19.8 Å². The van der Waals surface area contributed by atoms with Crippen LogP contribution in [0.1, 0.15) is 18.9 Å². The largest absolute Gasteiger partial charge is 0.493 e. The van der Waals surface area contributed by atoms with Crippen molar-refractivity contribution in [2.24, 2.45) is 0 Å². The summed E-state index contributed by atoms with van der Waals surface area (Å²) in [6.07, 6.45) is 0.828. The molecule has 0 atom stereocenters. The smallest absolute Gasteiger partial charge is 0.161 e. The predicted molar refractivity (Wildman–Crippen MR) is 84.4 cm³/mol. The summed E-state index contributed by atoms with van der Waals surface area (Å²) in [5.41, 5.74) is 1.15. The highest BCUT2D eigenvalue weighted by Gasteiger charge is 2.03. The fraction of sp³-hybridized carbons (Fsp3) is 0.333. The molecule has 3 nitrogen and oxygen atoms in total. The Balaban J connectivity index is 1.74. The number of aryl methyl sites for hydroxylation is 1. The first kappa shape index (κ1) is 15.2. The molecule has 0 aliphatic rings. The van der Waals surface area contributed by atoms with E-state index in [0.717, 1.165) is 29.2 Å². The Hall–Kier alpha value is -2.16. The van der Waals surface area contributed by atoms with Gasteiger partial charge < -0.3 is 14.2 Å². The van der Waals surface area contributed by atoms with E-state index in [-0.39, 0.29) is 0 Å². The fourth-order valence-electron chi connectivity index (χ4n) is 1.99. The molecule has 0 saturated heterocycles. The highest BCUT2D eigenvalue weighted by molar-refractivity contribution is 5.39. The molecule has 2 aromatic carbocycles. The number of para-hydroxylation sites is 3.